The lowest BCUT2D eigenvalue weighted by molar-refractivity contribution is -0.148. The standard InChI is InChI=1S/C10H16O6/c1-2-3-4-15-9-7(13)8(6(12)5-11)16-10(9)14/h6,8,11-13H,2-5H2,1H3. The molecule has 2 atom stereocenters. The van der Waals surface area contributed by atoms with Gasteiger partial charge in [0.2, 0.25) is 5.76 Å². The van der Waals surface area contributed by atoms with E-state index in [-0.39, 0.29) is 5.76 Å². The number of hydrogen-bond acceptors (Lipinski definition) is 6. The predicted octanol–water partition coefficient (Wildman–Crippen LogP) is -0.149. The van der Waals surface area contributed by atoms with Crippen molar-refractivity contribution in [2.24, 2.45) is 0 Å². The first-order chi connectivity index (χ1) is 7.61. The molecule has 6 nitrogen and oxygen atoms in total. The zero-order valence-corrected chi connectivity index (χ0v) is 9.05. The Morgan fingerprint density at radius 1 is 1.56 bits per heavy atom. The van der Waals surface area contributed by atoms with Gasteiger partial charge in [-0.1, -0.05) is 13.3 Å². The molecule has 0 saturated heterocycles. The van der Waals surface area contributed by atoms with Gasteiger partial charge in [-0.25, -0.2) is 4.79 Å². The molecule has 0 aliphatic carbocycles. The fourth-order valence-corrected chi connectivity index (χ4v) is 1.27. The van der Waals surface area contributed by atoms with Crippen LogP contribution in [0, 0.1) is 0 Å². The van der Waals surface area contributed by atoms with E-state index in [9.17, 15) is 15.0 Å². The number of unbranched alkanes of at least 4 members (excludes halogenated alkanes) is 1. The van der Waals surface area contributed by atoms with Gasteiger partial charge in [-0.3, -0.25) is 0 Å². The van der Waals surface area contributed by atoms with E-state index in [0.717, 1.165) is 12.8 Å². The molecule has 6 heteroatoms. The molecular weight excluding hydrogens is 216 g/mol. The Balaban J connectivity index is 2.65. The van der Waals surface area contributed by atoms with Gasteiger partial charge in [-0.2, -0.15) is 0 Å². The summed E-state index contributed by atoms with van der Waals surface area (Å²) in [7, 11) is 0. The zero-order valence-electron chi connectivity index (χ0n) is 9.05. The molecule has 1 aliphatic rings. The van der Waals surface area contributed by atoms with E-state index in [1.54, 1.807) is 0 Å². The van der Waals surface area contributed by atoms with Gasteiger partial charge < -0.3 is 24.8 Å². The SMILES string of the molecule is CCCCOC1=C(O)C(C(O)CO)OC1=O. The number of ether oxygens (including phenoxy) is 2. The van der Waals surface area contributed by atoms with Crippen LogP contribution in [0.4, 0.5) is 0 Å². The van der Waals surface area contributed by atoms with Crippen molar-refractivity contribution in [3.63, 3.8) is 0 Å². The van der Waals surface area contributed by atoms with Gasteiger partial charge in [0.1, 0.15) is 6.10 Å². The Hall–Kier alpha value is -1.27. The van der Waals surface area contributed by atoms with E-state index in [4.69, 9.17) is 9.84 Å². The summed E-state index contributed by atoms with van der Waals surface area (Å²) >= 11 is 0. The molecule has 0 fully saturated rings. The smallest absolute Gasteiger partial charge is 0.378 e. The lowest BCUT2D eigenvalue weighted by Crippen LogP contribution is -2.31. The average molecular weight is 232 g/mol. The molecule has 0 saturated carbocycles. The third-order valence-corrected chi connectivity index (χ3v) is 2.20. The predicted molar refractivity (Wildman–Crippen MR) is 53.5 cm³/mol. The van der Waals surface area contributed by atoms with Gasteiger partial charge in [-0.05, 0) is 6.42 Å². The lowest BCUT2D eigenvalue weighted by Gasteiger charge is -2.13. The molecule has 0 aromatic carbocycles. The largest absolute Gasteiger partial charge is 0.505 e. The van der Waals surface area contributed by atoms with Crippen molar-refractivity contribution in [2.45, 2.75) is 32.0 Å². The van der Waals surface area contributed by atoms with Crippen LogP contribution in [0.5, 0.6) is 0 Å². The summed E-state index contributed by atoms with van der Waals surface area (Å²) in [5, 5.41) is 27.5. The summed E-state index contributed by atoms with van der Waals surface area (Å²) < 4.78 is 9.73. The Kier molecular flexibility index (Phi) is 4.57. The molecule has 0 bridgehead atoms. The van der Waals surface area contributed by atoms with Crippen LogP contribution in [0.1, 0.15) is 19.8 Å². The van der Waals surface area contributed by atoms with Crippen molar-refractivity contribution in [3.05, 3.63) is 11.5 Å². The maximum absolute atomic E-state index is 11.3. The van der Waals surface area contributed by atoms with Gasteiger partial charge in [0.15, 0.2) is 11.9 Å². The van der Waals surface area contributed by atoms with E-state index in [1.165, 1.54) is 0 Å². The Bertz CT molecular complexity index is 285. The quantitative estimate of drug-likeness (QED) is 0.435. The number of hydrogen-bond donors (Lipinski definition) is 3. The minimum absolute atomic E-state index is 0.272. The van der Waals surface area contributed by atoms with Crippen LogP contribution in [0.25, 0.3) is 0 Å². The number of cyclic esters (lactones) is 1. The van der Waals surface area contributed by atoms with Gasteiger partial charge >= 0.3 is 5.97 Å². The van der Waals surface area contributed by atoms with Crippen LogP contribution in [-0.2, 0) is 14.3 Å². The second kappa shape index (κ2) is 5.72. The van der Waals surface area contributed by atoms with E-state index < -0.39 is 30.5 Å². The normalized spacial score (nSPS) is 22.2. The first kappa shape index (κ1) is 12.8. The fraction of sp³-hybridized carbons (Fsp3) is 0.700. The second-order valence-electron chi connectivity index (χ2n) is 3.49. The second-order valence-corrected chi connectivity index (χ2v) is 3.49. The van der Waals surface area contributed by atoms with Gasteiger partial charge in [0, 0.05) is 0 Å². The van der Waals surface area contributed by atoms with Gasteiger partial charge in [-0.15, -0.1) is 0 Å². The fourth-order valence-electron chi connectivity index (χ4n) is 1.27. The van der Waals surface area contributed by atoms with Crippen molar-refractivity contribution in [1.82, 2.24) is 0 Å². The van der Waals surface area contributed by atoms with Crippen molar-refractivity contribution in [1.29, 1.82) is 0 Å². The van der Waals surface area contributed by atoms with Gasteiger partial charge in [0.25, 0.3) is 0 Å². The molecular formula is C10H16O6. The average Bonchev–Trinajstić information content (AvgIpc) is 2.56. The van der Waals surface area contributed by atoms with Gasteiger partial charge in [0.05, 0.1) is 13.2 Å². The number of aliphatic hydroxyl groups is 3. The first-order valence-corrected chi connectivity index (χ1v) is 5.17. The molecule has 2 unspecified atom stereocenters. The highest BCUT2D eigenvalue weighted by Crippen LogP contribution is 2.24. The molecule has 16 heavy (non-hydrogen) atoms. The number of carbonyl (C=O) groups is 1. The van der Waals surface area contributed by atoms with Crippen LogP contribution in [0.3, 0.4) is 0 Å². The highest BCUT2D eigenvalue weighted by molar-refractivity contribution is 5.89. The summed E-state index contributed by atoms with van der Waals surface area (Å²) in [6, 6.07) is 0. The van der Waals surface area contributed by atoms with Crippen molar-refractivity contribution < 1.29 is 29.6 Å². The van der Waals surface area contributed by atoms with E-state index in [2.05, 4.69) is 4.74 Å². The van der Waals surface area contributed by atoms with Crippen LogP contribution >= 0.6 is 0 Å². The summed E-state index contributed by atoms with van der Waals surface area (Å²) in [6.07, 6.45) is -0.923. The topological polar surface area (TPSA) is 96.2 Å². The molecule has 0 radical (unpaired) electrons. The summed E-state index contributed by atoms with van der Waals surface area (Å²) in [5.74, 6) is -1.54. The third-order valence-electron chi connectivity index (χ3n) is 2.20. The zero-order chi connectivity index (χ0) is 12.1. The minimum atomic E-state index is -1.34. The van der Waals surface area contributed by atoms with Crippen LogP contribution in [0.15, 0.2) is 11.5 Å². The molecule has 1 aliphatic heterocycles. The van der Waals surface area contributed by atoms with E-state index in [1.807, 2.05) is 6.92 Å². The maximum Gasteiger partial charge on any atom is 0.378 e. The molecule has 1 heterocycles. The van der Waals surface area contributed by atoms with E-state index >= 15 is 0 Å². The third kappa shape index (κ3) is 2.65. The minimum Gasteiger partial charge on any atom is -0.505 e. The maximum atomic E-state index is 11.3. The Labute approximate surface area is 93.1 Å². The number of esters is 1. The summed E-state index contributed by atoms with van der Waals surface area (Å²) in [4.78, 5) is 11.3. The lowest BCUT2D eigenvalue weighted by atomic mass is 10.2. The molecule has 92 valence electrons. The van der Waals surface area contributed by atoms with Crippen molar-refractivity contribution in [3.8, 4) is 0 Å². The van der Waals surface area contributed by atoms with Crippen LogP contribution < -0.4 is 0 Å². The number of aliphatic hydroxyl groups excluding tert-OH is 3. The summed E-state index contributed by atoms with van der Waals surface area (Å²) in [5.41, 5.74) is 0. The monoisotopic (exact) mass is 232 g/mol. The molecule has 1 rings (SSSR count). The number of carbonyl (C=O) groups excluding carboxylic acids is 1. The highest BCUT2D eigenvalue weighted by atomic mass is 16.6. The van der Waals surface area contributed by atoms with Crippen LogP contribution in [-0.4, -0.2) is 46.7 Å². The number of rotatable bonds is 6. The van der Waals surface area contributed by atoms with Crippen molar-refractivity contribution >= 4 is 5.97 Å². The highest BCUT2D eigenvalue weighted by Gasteiger charge is 2.40. The first-order valence-electron chi connectivity index (χ1n) is 5.17. The van der Waals surface area contributed by atoms with Crippen LogP contribution in [0.2, 0.25) is 0 Å². The molecule has 0 aromatic heterocycles. The molecule has 0 amide bonds. The van der Waals surface area contributed by atoms with E-state index in [0.29, 0.717) is 6.61 Å². The Morgan fingerprint density at radius 2 is 2.25 bits per heavy atom. The Morgan fingerprint density at radius 3 is 2.81 bits per heavy atom. The molecule has 0 aromatic rings. The summed E-state index contributed by atoms with van der Waals surface area (Å²) in [6.45, 7) is 1.65. The van der Waals surface area contributed by atoms with Crippen molar-refractivity contribution in [2.75, 3.05) is 13.2 Å². The molecule has 3 N–H and O–H groups in total. The molecule has 0 spiro atoms.